The molecule has 0 fully saturated rings. The van der Waals surface area contributed by atoms with Gasteiger partial charge in [0.2, 0.25) is 10.0 Å². The van der Waals surface area contributed by atoms with Gasteiger partial charge in [0.15, 0.2) is 0 Å². The lowest BCUT2D eigenvalue weighted by Gasteiger charge is -2.18. The van der Waals surface area contributed by atoms with Crippen LogP contribution in [0.3, 0.4) is 0 Å². The zero-order valence-electron chi connectivity index (χ0n) is 16.8. The van der Waals surface area contributed by atoms with Gasteiger partial charge in [-0.3, -0.25) is 4.79 Å². The highest BCUT2D eigenvalue weighted by Crippen LogP contribution is 2.35. The number of hydrogen-bond acceptors (Lipinski definition) is 6. The van der Waals surface area contributed by atoms with Crippen LogP contribution in [0.5, 0.6) is 0 Å². The summed E-state index contributed by atoms with van der Waals surface area (Å²) in [5, 5.41) is 3.54. The maximum Gasteiger partial charge on any atom is 0.267 e. The minimum absolute atomic E-state index is 0.136. The van der Waals surface area contributed by atoms with Gasteiger partial charge in [0.1, 0.15) is 9.71 Å². The summed E-state index contributed by atoms with van der Waals surface area (Å²) in [6.07, 6.45) is 0. The van der Waals surface area contributed by atoms with E-state index in [1.807, 2.05) is 19.9 Å². The van der Waals surface area contributed by atoms with Gasteiger partial charge in [-0.1, -0.05) is 19.9 Å². The molecule has 0 radical (unpaired) electrons. The summed E-state index contributed by atoms with van der Waals surface area (Å²) in [5.74, 6) is -0.389. The predicted molar refractivity (Wildman–Crippen MR) is 118 cm³/mol. The van der Waals surface area contributed by atoms with Crippen LogP contribution in [0.4, 0.5) is 11.4 Å². The molecule has 3 aromatic rings. The van der Waals surface area contributed by atoms with E-state index in [9.17, 15) is 13.2 Å². The van der Waals surface area contributed by atoms with Gasteiger partial charge in [0, 0.05) is 29.9 Å². The first-order valence-electron chi connectivity index (χ1n) is 9.26. The van der Waals surface area contributed by atoms with E-state index in [0.717, 1.165) is 16.6 Å². The highest BCUT2D eigenvalue weighted by Gasteiger charge is 2.23. The predicted octanol–water partition coefficient (Wildman–Crippen LogP) is 3.78. The fourth-order valence-electron chi connectivity index (χ4n) is 3.27. The number of aromatic nitrogens is 1. The maximum atomic E-state index is 12.8. The fourth-order valence-corrected chi connectivity index (χ4v) is 5.89. The lowest BCUT2D eigenvalue weighted by Crippen LogP contribution is -2.30. The minimum Gasteiger partial charge on any atom is -0.397 e. The second-order valence-corrected chi connectivity index (χ2v) is 9.61. The number of nitrogens with zero attached hydrogens (tertiary/aromatic N) is 2. The molecule has 2 aromatic heterocycles. The Balaban J connectivity index is 1.94. The molecule has 3 N–H and O–H groups in total. The topological polar surface area (TPSA) is 105 Å². The molecule has 154 valence electrons. The number of carbonyl (C=O) groups excluding carboxylic acids is 1. The van der Waals surface area contributed by atoms with Gasteiger partial charge in [0.05, 0.1) is 10.6 Å². The standard InChI is InChI=1S/C20H24N4O3S2/c1-5-24(6-2)29(26,27)15-9-7-8-14(11-15)23-19(25)18-17(21)16-12(3)10-13(4)22-20(16)28-18/h7-11H,5-6,21H2,1-4H3,(H,23,25). The molecule has 7 nitrogen and oxygen atoms in total. The number of amides is 1. The monoisotopic (exact) mass is 432 g/mol. The van der Waals surface area contributed by atoms with Crippen LogP contribution < -0.4 is 11.1 Å². The molecule has 1 aromatic carbocycles. The molecule has 0 spiro atoms. The Bertz CT molecular complexity index is 1180. The van der Waals surface area contributed by atoms with Crippen LogP contribution in [0.2, 0.25) is 0 Å². The van der Waals surface area contributed by atoms with E-state index >= 15 is 0 Å². The number of hydrogen-bond donors (Lipinski definition) is 2. The zero-order chi connectivity index (χ0) is 21.3. The van der Waals surface area contributed by atoms with Gasteiger partial charge >= 0.3 is 0 Å². The number of sulfonamides is 1. The van der Waals surface area contributed by atoms with Crippen LogP contribution >= 0.6 is 11.3 Å². The van der Waals surface area contributed by atoms with Gasteiger partial charge in [-0.25, -0.2) is 13.4 Å². The number of benzene rings is 1. The molecule has 0 aliphatic carbocycles. The Labute approximate surface area is 174 Å². The van der Waals surface area contributed by atoms with E-state index in [2.05, 4.69) is 10.3 Å². The van der Waals surface area contributed by atoms with E-state index in [0.29, 0.717) is 34.2 Å². The molecule has 0 aliphatic rings. The summed E-state index contributed by atoms with van der Waals surface area (Å²) in [4.78, 5) is 18.5. The average Bonchev–Trinajstić information content (AvgIpc) is 2.99. The first-order valence-corrected chi connectivity index (χ1v) is 11.5. The Kier molecular flexibility index (Phi) is 5.92. The Morgan fingerprint density at radius 2 is 1.90 bits per heavy atom. The first kappa shape index (κ1) is 21.2. The van der Waals surface area contributed by atoms with Gasteiger partial charge in [0.25, 0.3) is 5.91 Å². The summed E-state index contributed by atoms with van der Waals surface area (Å²) in [5.41, 5.74) is 8.83. The molecule has 9 heteroatoms. The molecule has 0 bridgehead atoms. The molecule has 0 aliphatic heterocycles. The highest BCUT2D eigenvalue weighted by atomic mass is 32.2. The van der Waals surface area contributed by atoms with Crippen LogP contribution in [0, 0.1) is 13.8 Å². The number of aryl methyl sites for hydroxylation is 2. The number of carbonyl (C=O) groups is 1. The third-order valence-corrected chi connectivity index (χ3v) is 7.81. The SMILES string of the molecule is CCN(CC)S(=O)(=O)c1cccc(NC(=O)c2sc3nc(C)cc(C)c3c2N)c1. The van der Waals surface area contributed by atoms with Crippen LogP contribution in [-0.2, 0) is 10.0 Å². The largest absolute Gasteiger partial charge is 0.397 e. The fraction of sp³-hybridized carbons (Fsp3) is 0.300. The summed E-state index contributed by atoms with van der Waals surface area (Å²) >= 11 is 1.23. The average molecular weight is 433 g/mol. The summed E-state index contributed by atoms with van der Waals surface area (Å²) in [6, 6.07) is 8.16. The first-order chi connectivity index (χ1) is 13.7. The van der Waals surface area contributed by atoms with Gasteiger partial charge in [-0.2, -0.15) is 4.31 Å². The molecule has 3 rings (SSSR count). The number of pyridine rings is 1. The smallest absolute Gasteiger partial charge is 0.267 e. The third-order valence-electron chi connectivity index (χ3n) is 4.67. The molecule has 0 atom stereocenters. The number of fused-ring (bicyclic) bond motifs is 1. The van der Waals surface area contributed by atoms with Crippen LogP contribution in [-0.4, -0.2) is 36.7 Å². The number of thiophene rings is 1. The summed E-state index contributed by atoms with van der Waals surface area (Å²) < 4.78 is 26.8. The van der Waals surface area contributed by atoms with Gasteiger partial charge in [-0.05, 0) is 43.7 Å². The lowest BCUT2D eigenvalue weighted by atomic mass is 10.1. The number of nitrogens with one attached hydrogen (secondary N) is 1. The van der Waals surface area contributed by atoms with E-state index < -0.39 is 10.0 Å². The van der Waals surface area contributed by atoms with E-state index in [1.165, 1.54) is 27.8 Å². The molecule has 2 heterocycles. The van der Waals surface area contributed by atoms with Crippen LogP contribution in [0.1, 0.15) is 34.8 Å². The van der Waals surface area contributed by atoms with E-state index in [4.69, 9.17) is 5.73 Å². The molecular weight excluding hydrogens is 408 g/mol. The van der Waals surface area contributed by atoms with Crippen molar-refractivity contribution in [2.75, 3.05) is 24.1 Å². The minimum atomic E-state index is -3.61. The molecule has 0 saturated heterocycles. The van der Waals surface area contributed by atoms with Gasteiger partial charge in [-0.15, -0.1) is 11.3 Å². The number of nitrogen functional groups attached to an aromatic ring is 1. The van der Waals surface area contributed by atoms with Crippen LogP contribution in [0.25, 0.3) is 10.2 Å². The molecule has 29 heavy (non-hydrogen) atoms. The second-order valence-electron chi connectivity index (χ2n) is 6.68. The lowest BCUT2D eigenvalue weighted by molar-refractivity contribution is 0.103. The van der Waals surface area contributed by atoms with Crippen molar-refractivity contribution in [3.63, 3.8) is 0 Å². The number of nitrogens with two attached hydrogens (primary N) is 1. The quantitative estimate of drug-likeness (QED) is 0.617. The van der Waals surface area contributed by atoms with E-state index in [1.54, 1.807) is 26.0 Å². The number of rotatable bonds is 6. The van der Waals surface area contributed by atoms with Gasteiger partial charge < -0.3 is 11.1 Å². The van der Waals surface area contributed by atoms with Crippen molar-refractivity contribution in [2.24, 2.45) is 0 Å². The van der Waals surface area contributed by atoms with Crippen molar-refractivity contribution in [1.29, 1.82) is 0 Å². The third kappa shape index (κ3) is 3.98. The Morgan fingerprint density at radius 3 is 2.55 bits per heavy atom. The van der Waals surface area contributed by atoms with Crippen LogP contribution in [0.15, 0.2) is 35.2 Å². The van der Waals surface area contributed by atoms with Crippen molar-refractivity contribution in [2.45, 2.75) is 32.6 Å². The molecule has 0 unspecified atom stereocenters. The Morgan fingerprint density at radius 1 is 1.21 bits per heavy atom. The number of anilines is 2. The van der Waals surface area contributed by atoms with Crippen molar-refractivity contribution in [1.82, 2.24) is 9.29 Å². The molecular formula is C20H24N4O3S2. The van der Waals surface area contributed by atoms with Crippen molar-refractivity contribution >= 4 is 48.9 Å². The Hall–Kier alpha value is -2.49. The van der Waals surface area contributed by atoms with Crippen molar-refractivity contribution in [3.05, 3.63) is 46.5 Å². The molecule has 0 saturated carbocycles. The maximum absolute atomic E-state index is 12.8. The summed E-state index contributed by atoms with van der Waals surface area (Å²) in [6.45, 7) is 8.15. The summed E-state index contributed by atoms with van der Waals surface area (Å²) in [7, 11) is -3.61. The second kappa shape index (κ2) is 8.10. The van der Waals surface area contributed by atoms with Crippen molar-refractivity contribution in [3.8, 4) is 0 Å². The highest BCUT2D eigenvalue weighted by molar-refractivity contribution is 7.89. The zero-order valence-corrected chi connectivity index (χ0v) is 18.4. The van der Waals surface area contributed by atoms with E-state index in [-0.39, 0.29) is 10.8 Å². The van der Waals surface area contributed by atoms with Crippen molar-refractivity contribution < 1.29 is 13.2 Å². The molecule has 1 amide bonds. The normalized spacial score (nSPS) is 11.9.